The summed E-state index contributed by atoms with van der Waals surface area (Å²) in [5.41, 5.74) is 1.65. The molecule has 0 amide bonds. The van der Waals surface area contributed by atoms with Crippen LogP contribution in [0.5, 0.6) is 0 Å². The van der Waals surface area contributed by atoms with E-state index in [1.807, 2.05) is 19.9 Å². The van der Waals surface area contributed by atoms with E-state index in [4.69, 9.17) is 9.47 Å². The van der Waals surface area contributed by atoms with Crippen LogP contribution in [0.1, 0.15) is 44.9 Å². The van der Waals surface area contributed by atoms with Crippen molar-refractivity contribution >= 4 is 11.9 Å². The second-order valence-corrected chi connectivity index (χ2v) is 6.46. The SMILES string of the molecule is CCO/C=C/c1c(C)ncnc1N[C@@H]1C[C@H](O)CC1OC(C)(C)O. The Labute approximate surface area is 142 Å². The van der Waals surface area contributed by atoms with Crippen molar-refractivity contribution in [1.82, 2.24) is 9.97 Å². The fourth-order valence-corrected chi connectivity index (χ4v) is 2.81. The van der Waals surface area contributed by atoms with Crippen LogP contribution >= 0.6 is 0 Å². The van der Waals surface area contributed by atoms with E-state index in [2.05, 4.69) is 15.3 Å². The van der Waals surface area contributed by atoms with Crippen LogP contribution in [0.25, 0.3) is 6.08 Å². The summed E-state index contributed by atoms with van der Waals surface area (Å²) in [6.07, 6.45) is 5.14. The van der Waals surface area contributed by atoms with Gasteiger partial charge in [0, 0.05) is 12.0 Å². The van der Waals surface area contributed by atoms with E-state index in [0.29, 0.717) is 25.3 Å². The van der Waals surface area contributed by atoms with Crippen LogP contribution in [0.2, 0.25) is 0 Å². The summed E-state index contributed by atoms with van der Waals surface area (Å²) in [7, 11) is 0. The molecule has 7 heteroatoms. The fraction of sp³-hybridized carbons (Fsp3) is 0.647. The van der Waals surface area contributed by atoms with E-state index in [1.54, 1.807) is 20.1 Å². The first-order valence-electron chi connectivity index (χ1n) is 8.24. The number of aryl methyl sites for hydroxylation is 1. The van der Waals surface area contributed by atoms with Crippen LogP contribution < -0.4 is 5.32 Å². The largest absolute Gasteiger partial charge is 0.501 e. The van der Waals surface area contributed by atoms with E-state index in [9.17, 15) is 10.2 Å². The summed E-state index contributed by atoms with van der Waals surface area (Å²) in [6, 6.07) is -0.153. The molecule has 24 heavy (non-hydrogen) atoms. The van der Waals surface area contributed by atoms with Gasteiger partial charge < -0.3 is 25.0 Å². The van der Waals surface area contributed by atoms with Gasteiger partial charge in [-0.2, -0.15) is 0 Å². The molecule has 1 aliphatic carbocycles. The quantitative estimate of drug-likeness (QED) is 0.516. The number of hydrogen-bond acceptors (Lipinski definition) is 7. The van der Waals surface area contributed by atoms with Crippen LogP contribution in [0, 0.1) is 6.92 Å². The summed E-state index contributed by atoms with van der Waals surface area (Å²) in [6.45, 7) is 7.56. The molecule has 1 aromatic rings. The first kappa shape index (κ1) is 18.6. The van der Waals surface area contributed by atoms with Gasteiger partial charge in [-0.3, -0.25) is 0 Å². The molecule has 0 radical (unpaired) electrons. The molecule has 1 aromatic heterocycles. The van der Waals surface area contributed by atoms with Crippen molar-refractivity contribution < 1.29 is 19.7 Å². The van der Waals surface area contributed by atoms with Crippen molar-refractivity contribution in [3.8, 4) is 0 Å². The Bertz CT molecular complexity index is 571. The second kappa shape index (κ2) is 7.92. The highest BCUT2D eigenvalue weighted by molar-refractivity contribution is 5.64. The average molecular weight is 337 g/mol. The molecule has 3 atom stereocenters. The Hall–Kier alpha value is -1.70. The molecule has 7 nitrogen and oxygen atoms in total. The van der Waals surface area contributed by atoms with Gasteiger partial charge in [-0.25, -0.2) is 9.97 Å². The molecule has 1 heterocycles. The summed E-state index contributed by atoms with van der Waals surface area (Å²) in [5, 5.41) is 23.2. The fourth-order valence-electron chi connectivity index (χ4n) is 2.81. The predicted octanol–water partition coefficient (Wildman–Crippen LogP) is 1.84. The molecule has 0 saturated heterocycles. The number of anilines is 1. The number of nitrogens with zero attached hydrogens (tertiary/aromatic N) is 2. The highest BCUT2D eigenvalue weighted by Crippen LogP contribution is 2.29. The molecule has 0 aromatic carbocycles. The second-order valence-electron chi connectivity index (χ2n) is 6.46. The van der Waals surface area contributed by atoms with Crippen LogP contribution in [-0.2, 0) is 9.47 Å². The molecule has 1 saturated carbocycles. The minimum atomic E-state index is -1.26. The van der Waals surface area contributed by atoms with Gasteiger partial charge in [0.25, 0.3) is 0 Å². The van der Waals surface area contributed by atoms with E-state index in [-0.39, 0.29) is 12.1 Å². The van der Waals surface area contributed by atoms with Gasteiger partial charge in [0.2, 0.25) is 0 Å². The molecule has 134 valence electrons. The van der Waals surface area contributed by atoms with Crippen LogP contribution in [0.3, 0.4) is 0 Å². The molecule has 3 N–H and O–H groups in total. The molecule has 1 fully saturated rings. The highest BCUT2D eigenvalue weighted by atomic mass is 16.6. The lowest BCUT2D eigenvalue weighted by Gasteiger charge is -2.28. The maximum absolute atomic E-state index is 9.97. The van der Waals surface area contributed by atoms with E-state index < -0.39 is 11.9 Å². The molecular weight excluding hydrogens is 310 g/mol. The Morgan fingerprint density at radius 1 is 1.38 bits per heavy atom. The first-order valence-corrected chi connectivity index (χ1v) is 8.24. The van der Waals surface area contributed by atoms with Crippen molar-refractivity contribution in [2.75, 3.05) is 11.9 Å². The molecule has 0 spiro atoms. The van der Waals surface area contributed by atoms with Crippen LogP contribution in [0.15, 0.2) is 12.6 Å². The lowest BCUT2D eigenvalue weighted by Crippen LogP contribution is -2.38. The Morgan fingerprint density at radius 2 is 2.12 bits per heavy atom. The van der Waals surface area contributed by atoms with Gasteiger partial charge in [-0.1, -0.05) is 0 Å². The maximum Gasteiger partial charge on any atom is 0.160 e. The number of aliphatic hydroxyl groups excluding tert-OH is 1. The smallest absolute Gasteiger partial charge is 0.160 e. The first-order chi connectivity index (χ1) is 11.3. The Morgan fingerprint density at radius 3 is 2.79 bits per heavy atom. The molecule has 2 rings (SSSR count). The third-order valence-electron chi connectivity index (χ3n) is 3.82. The zero-order valence-corrected chi connectivity index (χ0v) is 14.7. The van der Waals surface area contributed by atoms with E-state index >= 15 is 0 Å². The highest BCUT2D eigenvalue weighted by Gasteiger charge is 2.37. The van der Waals surface area contributed by atoms with Crippen LogP contribution in [-0.4, -0.2) is 50.8 Å². The van der Waals surface area contributed by atoms with Gasteiger partial charge in [0.1, 0.15) is 12.1 Å². The molecule has 1 unspecified atom stereocenters. The zero-order valence-electron chi connectivity index (χ0n) is 14.7. The molecule has 1 aliphatic rings. The summed E-state index contributed by atoms with van der Waals surface area (Å²) in [5.74, 6) is -0.601. The van der Waals surface area contributed by atoms with Gasteiger partial charge in [-0.05, 0) is 40.2 Å². The molecular formula is C17H27N3O4. The van der Waals surface area contributed by atoms with Gasteiger partial charge >= 0.3 is 0 Å². The van der Waals surface area contributed by atoms with Crippen molar-refractivity contribution in [2.45, 2.75) is 64.6 Å². The Kier molecular flexibility index (Phi) is 6.15. The summed E-state index contributed by atoms with van der Waals surface area (Å²) >= 11 is 0. The van der Waals surface area contributed by atoms with Crippen molar-refractivity contribution in [3.05, 3.63) is 23.8 Å². The van der Waals surface area contributed by atoms with E-state index in [0.717, 1.165) is 11.3 Å². The van der Waals surface area contributed by atoms with Crippen molar-refractivity contribution in [3.63, 3.8) is 0 Å². The lowest BCUT2D eigenvalue weighted by molar-refractivity contribution is -0.206. The number of rotatable bonds is 7. The number of ether oxygens (including phenoxy) is 2. The standard InChI is InChI=1S/C17H27N3O4/c1-5-23-7-6-13-11(2)18-10-19-16(13)20-14-8-12(21)9-15(14)24-17(3,4)22/h6-7,10,12,14-15,21-22H,5,8-9H2,1-4H3,(H,18,19,20)/b7-6+/t12-,14+,15?/m0/s1. The molecule has 0 bridgehead atoms. The topological polar surface area (TPSA) is 96.7 Å². The maximum atomic E-state index is 9.97. The van der Waals surface area contributed by atoms with Crippen molar-refractivity contribution in [2.24, 2.45) is 0 Å². The van der Waals surface area contributed by atoms with Gasteiger partial charge in [0.15, 0.2) is 5.79 Å². The minimum Gasteiger partial charge on any atom is -0.501 e. The monoisotopic (exact) mass is 337 g/mol. The summed E-state index contributed by atoms with van der Waals surface area (Å²) < 4.78 is 10.9. The Balaban J connectivity index is 2.18. The molecule has 0 aliphatic heterocycles. The van der Waals surface area contributed by atoms with Crippen molar-refractivity contribution in [1.29, 1.82) is 0 Å². The van der Waals surface area contributed by atoms with Gasteiger partial charge in [0.05, 0.1) is 36.8 Å². The van der Waals surface area contributed by atoms with E-state index in [1.165, 1.54) is 6.33 Å². The third kappa shape index (κ3) is 5.15. The number of nitrogens with one attached hydrogen (secondary N) is 1. The lowest BCUT2D eigenvalue weighted by atomic mass is 10.1. The van der Waals surface area contributed by atoms with Crippen LogP contribution in [0.4, 0.5) is 5.82 Å². The normalized spacial score (nSPS) is 24.5. The third-order valence-corrected chi connectivity index (χ3v) is 3.82. The number of aliphatic hydroxyl groups is 2. The van der Waals surface area contributed by atoms with Gasteiger partial charge in [-0.15, -0.1) is 0 Å². The summed E-state index contributed by atoms with van der Waals surface area (Å²) in [4.78, 5) is 8.52. The number of hydrogen-bond donors (Lipinski definition) is 3. The average Bonchev–Trinajstić information content (AvgIpc) is 2.79. The number of aromatic nitrogens is 2. The minimum absolute atomic E-state index is 0.153. The zero-order chi connectivity index (χ0) is 17.7. The predicted molar refractivity (Wildman–Crippen MR) is 91.3 cm³/mol.